The molecule has 0 atom stereocenters. The Balaban J connectivity index is 0.940. The van der Waals surface area contributed by atoms with E-state index in [4.69, 9.17) is 0 Å². The van der Waals surface area contributed by atoms with Crippen molar-refractivity contribution in [2.45, 2.75) is 12.4 Å². The van der Waals surface area contributed by atoms with Gasteiger partial charge in [-0.15, -0.1) is 0 Å². The number of rotatable bonds is 7. The lowest BCUT2D eigenvalue weighted by atomic mass is 9.89. The standard InChI is InChI=1S/C87H49F6N7/c88-86(89,90)68-26-17-27-69(87(91,92)93)84(68)85-82(99-78-40-36-52(95-70-28-9-1-18-56(70)57-19-2-10-29-71(57)95)46-64(78)65-47-53(37-41-79(65)99)96-72-30-11-3-20-58(72)59-21-4-12-31-73(59)96)44-51(50-94)45-83(85)100-80-42-38-54(97-74-32-13-5-22-60(74)61-23-6-14-33-75(61)97)48-66(80)67-49-55(39-43-81(67)100)98-76-34-15-7-24-62(76)63-25-8-16-35-77(63)98/h1-49H. The summed E-state index contributed by atoms with van der Waals surface area (Å²) in [4.78, 5) is 0. The third kappa shape index (κ3) is 8.16. The summed E-state index contributed by atoms with van der Waals surface area (Å²) in [5, 5.41) is 22.4. The molecule has 0 saturated carbocycles. The van der Waals surface area contributed by atoms with Gasteiger partial charge in [0.1, 0.15) is 0 Å². The van der Waals surface area contributed by atoms with Crippen molar-refractivity contribution in [2.75, 3.05) is 0 Å². The zero-order valence-corrected chi connectivity index (χ0v) is 52.7. The molecule has 0 N–H and O–H groups in total. The highest BCUT2D eigenvalue weighted by atomic mass is 19.4. The fraction of sp³-hybridized carbons (Fsp3) is 0.0230. The largest absolute Gasteiger partial charge is 0.417 e. The maximum atomic E-state index is 16.6. The van der Waals surface area contributed by atoms with Crippen molar-refractivity contribution >= 4 is 131 Å². The second kappa shape index (κ2) is 21.0. The minimum Gasteiger partial charge on any atom is -0.309 e. The minimum atomic E-state index is -5.33. The van der Waals surface area contributed by atoms with Gasteiger partial charge in [-0.05, 0) is 146 Å². The predicted octanol–water partition coefficient (Wildman–Crippen LogP) is 23.8. The number of benzene rings is 14. The molecule has 0 amide bonds. The summed E-state index contributed by atoms with van der Waals surface area (Å²) in [7, 11) is 0. The van der Waals surface area contributed by atoms with Crippen LogP contribution in [0.5, 0.6) is 0 Å². The summed E-state index contributed by atoms with van der Waals surface area (Å²) in [5.74, 6) is 0. The summed E-state index contributed by atoms with van der Waals surface area (Å²) in [6, 6.07) is 96.1. The van der Waals surface area contributed by atoms with E-state index in [0.717, 1.165) is 128 Å². The SMILES string of the molecule is N#Cc1cc(-n2c3ccc(-n4c5ccccc5c5ccccc54)cc3c3cc(-n4c5ccccc5c5ccccc54)ccc32)c(-c2c(C(F)(F)F)cccc2C(F)(F)F)c(-n2c3ccc(-n4c5ccccc5c5ccccc54)cc3c3cc(-n4c5ccccc5c5ccccc54)ccc32)c1. The molecule has 0 aliphatic rings. The van der Waals surface area contributed by atoms with Gasteiger partial charge in [-0.2, -0.15) is 31.6 Å². The first-order valence-corrected chi connectivity index (χ1v) is 32.9. The highest BCUT2D eigenvalue weighted by Gasteiger charge is 2.43. The number of para-hydroxylation sites is 8. The van der Waals surface area contributed by atoms with Crippen LogP contribution in [0.15, 0.2) is 297 Å². The highest BCUT2D eigenvalue weighted by Crippen LogP contribution is 2.52. The van der Waals surface area contributed by atoms with Gasteiger partial charge in [0.15, 0.2) is 0 Å². The number of fused-ring (bicyclic) bond motifs is 18. The molecule has 0 radical (unpaired) electrons. The third-order valence-electron chi connectivity index (χ3n) is 20.5. The molecule has 13 heteroatoms. The van der Waals surface area contributed by atoms with E-state index in [0.29, 0.717) is 43.6 Å². The number of halogens is 6. The fourth-order valence-corrected chi connectivity index (χ4v) is 16.5. The van der Waals surface area contributed by atoms with E-state index in [1.54, 1.807) is 9.13 Å². The molecule has 474 valence electrons. The van der Waals surface area contributed by atoms with Gasteiger partial charge in [0.25, 0.3) is 0 Å². The molecule has 0 unspecified atom stereocenters. The number of aromatic nitrogens is 6. The zero-order chi connectivity index (χ0) is 67.0. The second-order valence-corrected chi connectivity index (χ2v) is 25.7. The molecule has 0 spiro atoms. The van der Waals surface area contributed by atoms with Crippen molar-refractivity contribution in [3.63, 3.8) is 0 Å². The van der Waals surface area contributed by atoms with E-state index >= 15 is 26.3 Å². The van der Waals surface area contributed by atoms with Crippen LogP contribution in [0.2, 0.25) is 0 Å². The number of alkyl halides is 6. The number of nitrogens with zero attached hydrogens (tertiary/aromatic N) is 7. The van der Waals surface area contributed by atoms with Crippen LogP contribution in [-0.4, -0.2) is 27.4 Å². The average molecular weight is 1310 g/mol. The van der Waals surface area contributed by atoms with Gasteiger partial charge in [-0.25, -0.2) is 0 Å². The van der Waals surface area contributed by atoms with Crippen LogP contribution in [-0.2, 0) is 12.4 Å². The Morgan fingerprint density at radius 1 is 0.220 bits per heavy atom. The number of nitriles is 1. The van der Waals surface area contributed by atoms with Gasteiger partial charge < -0.3 is 27.4 Å². The van der Waals surface area contributed by atoms with Gasteiger partial charge in [0.2, 0.25) is 0 Å². The van der Waals surface area contributed by atoms with Crippen LogP contribution in [0.3, 0.4) is 0 Å². The van der Waals surface area contributed by atoms with Crippen molar-refractivity contribution in [3.05, 3.63) is 314 Å². The molecule has 0 aliphatic heterocycles. The lowest BCUT2D eigenvalue weighted by Gasteiger charge is -2.25. The van der Waals surface area contributed by atoms with E-state index in [1.165, 1.54) is 12.1 Å². The van der Waals surface area contributed by atoms with Gasteiger partial charge in [-0.3, -0.25) is 0 Å². The molecule has 0 bridgehead atoms. The maximum absolute atomic E-state index is 16.6. The van der Waals surface area contributed by atoms with Crippen LogP contribution >= 0.6 is 0 Å². The number of hydrogen-bond acceptors (Lipinski definition) is 1. The van der Waals surface area contributed by atoms with Gasteiger partial charge >= 0.3 is 12.4 Å². The van der Waals surface area contributed by atoms with Crippen LogP contribution in [0.4, 0.5) is 26.3 Å². The molecule has 0 saturated heterocycles. The summed E-state index contributed by atoms with van der Waals surface area (Å²) >= 11 is 0. The van der Waals surface area contributed by atoms with Crippen LogP contribution in [0.25, 0.3) is 176 Å². The molecule has 6 aromatic heterocycles. The lowest BCUT2D eigenvalue weighted by molar-refractivity contribution is -0.142. The van der Waals surface area contributed by atoms with E-state index < -0.39 is 34.6 Å². The monoisotopic (exact) mass is 1310 g/mol. The maximum Gasteiger partial charge on any atom is 0.417 e. The van der Waals surface area contributed by atoms with Gasteiger partial charge in [0, 0.05) is 98.5 Å². The zero-order valence-electron chi connectivity index (χ0n) is 52.7. The lowest BCUT2D eigenvalue weighted by Crippen LogP contribution is -2.16. The van der Waals surface area contributed by atoms with E-state index in [-0.39, 0.29) is 16.9 Å². The summed E-state index contributed by atoms with van der Waals surface area (Å²) < 4.78 is 112. The van der Waals surface area contributed by atoms with Crippen molar-refractivity contribution in [1.29, 1.82) is 5.26 Å². The quantitative estimate of drug-likeness (QED) is 0.147. The molecular formula is C87H49F6N7. The Labute approximate surface area is 564 Å². The van der Waals surface area contributed by atoms with Crippen molar-refractivity contribution in [1.82, 2.24) is 27.4 Å². The minimum absolute atomic E-state index is 0.00981. The molecule has 7 nitrogen and oxygen atoms in total. The molecule has 6 heterocycles. The molecule has 14 aromatic carbocycles. The molecule has 0 aliphatic carbocycles. The topological polar surface area (TPSA) is 53.4 Å². The predicted molar refractivity (Wildman–Crippen MR) is 393 cm³/mol. The molecular weight excluding hydrogens is 1260 g/mol. The normalized spacial score (nSPS) is 12.5. The first kappa shape index (κ1) is 57.2. The first-order valence-electron chi connectivity index (χ1n) is 32.9. The molecule has 20 rings (SSSR count). The molecule has 0 fully saturated rings. The average Bonchev–Trinajstić information content (AvgIpc) is 1.50. The first-order chi connectivity index (χ1) is 48.9. The van der Waals surface area contributed by atoms with Gasteiger partial charge in [0.05, 0.1) is 100 Å². The third-order valence-corrected chi connectivity index (χ3v) is 20.5. The Morgan fingerprint density at radius 2 is 0.440 bits per heavy atom. The summed E-state index contributed by atoms with van der Waals surface area (Å²) in [6.07, 6.45) is -10.7. The Bertz CT molecular complexity index is 6020. The summed E-state index contributed by atoms with van der Waals surface area (Å²) in [6.45, 7) is 0. The van der Waals surface area contributed by atoms with Gasteiger partial charge in [-0.1, -0.05) is 152 Å². The van der Waals surface area contributed by atoms with Crippen molar-refractivity contribution in [2.24, 2.45) is 0 Å². The van der Waals surface area contributed by atoms with Crippen molar-refractivity contribution < 1.29 is 26.3 Å². The Kier molecular flexibility index (Phi) is 12.0. The Hall–Kier alpha value is -13.1. The highest BCUT2D eigenvalue weighted by molar-refractivity contribution is 6.18. The fourth-order valence-electron chi connectivity index (χ4n) is 16.5. The molecule has 100 heavy (non-hydrogen) atoms. The van der Waals surface area contributed by atoms with E-state index in [1.807, 2.05) is 146 Å². The van der Waals surface area contributed by atoms with Crippen LogP contribution in [0.1, 0.15) is 16.7 Å². The van der Waals surface area contributed by atoms with E-state index in [9.17, 15) is 5.26 Å². The smallest absolute Gasteiger partial charge is 0.309 e. The van der Waals surface area contributed by atoms with E-state index in [2.05, 4.69) is 146 Å². The Morgan fingerprint density at radius 3 is 0.660 bits per heavy atom. The van der Waals surface area contributed by atoms with Crippen LogP contribution < -0.4 is 0 Å². The second-order valence-electron chi connectivity index (χ2n) is 25.7. The summed E-state index contributed by atoms with van der Waals surface area (Å²) in [5.41, 5.74) is 7.77. The van der Waals surface area contributed by atoms with Crippen molar-refractivity contribution in [3.8, 4) is 51.3 Å². The van der Waals surface area contributed by atoms with Crippen LogP contribution in [0, 0.1) is 11.3 Å². The molecule has 20 aromatic rings. The number of hydrogen-bond donors (Lipinski definition) is 0.